The van der Waals surface area contributed by atoms with Crippen molar-refractivity contribution in [2.45, 2.75) is 4.84 Å². The van der Waals surface area contributed by atoms with Crippen molar-refractivity contribution in [3.05, 3.63) is 0 Å². The van der Waals surface area contributed by atoms with Crippen LogP contribution < -0.4 is 0 Å². The summed E-state index contributed by atoms with van der Waals surface area (Å²) >= 11 is 10.5. The second kappa shape index (κ2) is 4.77. The van der Waals surface area contributed by atoms with E-state index in [1.54, 1.807) is 0 Å². The Balaban J connectivity index is 3.71. The number of aliphatic hydroxyl groups is 1. The summed E-state index contributed by atoms with van der Waals surface area (Å²) in [7, 11) is 1.52. The second-order valence-electron chi connectivity index (χ2n) is 1.78. The number of hydrogen-bond acceptors (Lipinski definition) is 2. The molecule has 0 bridgehead atoms. The maximum atomic E-state index is 10.8. The molecule has 0 saturated heterocycles. The highest BCUT2D eigenvalue weighted by Crippen LogP contribution is 2.04. The van der Waals surface area contributed by atoms with E-state index in [1.807, 2.05) is 0 Å². The molecule has 5 heteroatoms. The number of hydrogen-bond donors (Lipinski definition) is 1. The Kier molecular flexibility index (Phi) is 4.77. The van der Waals surface area contributed by atoms with Gasteiger partial charge in [0.15, 0.2) is 4.84 Å². The van der Waals surface area contributed by atoms with Crippen molar-refractivity contribution in [1.29, 1.82) is 0 Å². The molecule has 60 valence electrons. The number of amides is 1. The summed E-state index contributed by atoms with van der Waals surface area (Å²) in [5.41, 5.74) is 0. The first-order valence-corrected chi connectivity index (χ1v) is 3.61. The summed E-state index contributed by atoms with van der Waals surface area (Å²) in [5, 5.41) is 8.39. The van der Waals surface area contributed by atoms with Crippen molar-refractivity contribution in [1.82, 2.24) is 4.90 Å². The van der Waals surface area contributed by atoms with Gasteiger partial charge < -0.3 is 10.0 Å². The highest BCUT2D eigenvalue weighted by atomic mass is 35.5. The number of carbonyl (C=O) groups excluding carboxylic acids is 1. The number of carbonyl (C=O) groups is 1. The molecule has 0 aliphatic heterocycles. The molecular formula is C5H9Cl2NO2. The van der Waals surface area contributed by atoms with Gasteiger partial charge in [0.2, 0.25) is 0 Å². The third-order valence-corrected chi connectivity index (χ3v) is 1.37. The van der Waals surface area contributed by atoms with Crippen LogP contribution >= 0.6 is 23.2 Å². The van der Waals surface area contributed by atoms with Gasteiger partial charge in [-0.2, -0.15) is 0 Å². The Bertz CT molecular complexity index is 118. The number of nitrogens with zero attached hydrogens (tertiary/aromatic N) is 1. The van der Waals surface area contributed by atoms with Gasteiger partial charge in [0.05, 0.1) is 6.61 Å². The summed E-state index contributed by atoms with van der Waals surface area (Å²) in [6, 6.07) is 0. The molecule has 0 fully saturated rings. The number of aliphatic hydroxyl groups excluding tert-OH is 1. The lowest BCUT2D eigenvalue weighted by molar-refractivity contribution is -0.128. The SMILES string of the molecule is CN(CCO)C(=O)C(Cl)Cl. The van der Waals surface area contributed by atoms with E-state index in [2.05, 4.69) is 0 Å². The highest BCUT2D eigenvalue weighted by molar-refractivity contribution is 6.53. The molecule has 0 heterocycles. The van der Waals surface area contributed by atoms with Crippen molar-refractivity contribution in [2.75, 3.05) is 20.2 Å². The van der Waals surface area contributed by atoms with E-state index in [0.29, 0.717) is 0 Å². The molecule has 3 nitrogen and oxygen atoms in total. The van der Waals surface area contributed by atoms with Crippen LogP contribution in [0.1, 0.15) is 0 Å². The largest absolute Gasteiger partial charge is 0.395 e. The minimum absolute atomic E-state index is 0.0806. The highest BCUT2D eigenvalue weighted by Gasteiger charge is 2.15. The fourth-order valence-corrected chi connectivity index (χ4v) is 0.760. The molecule has 0 radical (unpaired) electrons. The van der Waals surface area contributed by atoms with Gasteiger partial charge in [-0.25, -0.2) is 0 Å². The average molecular weight is 186 g/mol. The third kappa shape index (κ3) is 3.25. The number of rotatable bonds is 3. The molecule has 1 N–H and O–H groups in total. The lowest BCUT2D eigenvalue weighted by Crippen LogP contribution is -2.33. The molecule has 0 aliphatic carbocycles. The van der Waals surface area contributed by atoms with Gasteiger partial charge >= 0.3 is 0 Å². The van der Waals surface area contributed by atoms with E-state index < -0.39 is 10.7 Å². The Morgan fingerprint density at radius 2 is 2.20 bits per heavy atom. The first-order valence-electron chi connectivity index (χ1n) is 2.73. The van der Waals surface area contributed by atoms with Gasteiger partial charge in [-0.05, 0) is 0 Å². The van der Waals surface area contributed by atoms with Crippen LogP contribution in [0.4, 0.5) is 0 Å². The fraction of sp³-hybridized carbons (Fsp3) is 0.800. The minimum atomic E-state index is -1.03. The molecule has 0 rings (SSSR count). The second-order valence-corrected chi connectivity index (χ2v) is 2.88. The maximum Gasteiger partial charge on any atom is 0.255 e. The molecule has 0 aromatic heterocycles. The van der Waals surface area contributed by atoms with Crippen molar-refractivity contribution in [3.63, 3.8) is 0 Å². The van der Waals surface area contributed by atoms with Crippen LogP contribution in [0.3, 0.4) is 0 Å². The van der Waals surface area contributed by atoms with Gasteiger partial charge in [0.1, 0.15) is 0 Å². The lowest BCUT2D eigenvalue weighted by Gasteiger charge is -2.15. The first-order chi connectivity index (χ1) is 4.59. The zero-order chi connectivity index (χ0) is 8.15. The van der Waals surface area contributed by atoms with Gasteiger partial charge in [-0.1, -0.05) is 23.2 Å². The molecule has 0 atom stereocenters. The molecule has 0 saturated carbocycles. The van der Waals surface area contributed by atoms with Crippen LogP contribution in [0.25, 0.3) is 0 Å². The topological polar surface area (TPSA) is 40.5 Å². The Labute approximate surface area is 69.5 Å². The maximum absolute atomic E-state index is 10.8. The molecule has 0 aromatic carbocycles. The van der Waals surface area contributed by atoms with Gasteiger partial charge in [-0.3, -0.25) is 4.79 Å². The number of alkyl halides is 2. The molecular weight excluding hydrogens is 177 g/mol. The zero-order valence-electron chi connectivity index (χ0n) is 5.55. The van der Waals surface area contributed by atoms with Crippen LogP contribution in [0.5, 0.6) is 0 Å². The predicted octanol–water partition coefficient (Wildman–Crippen LogP) is 0.241. The molecule has 0 spiro atoms. The quantitative estimate of drug-likeness (QED) is 0.641. The van der Waals surface area contributed by atoms with Crippen LogP contribution in [-0.2, 0) is 4.79 Å². The van der Waals surface area contributed by atoms with Crippen molar-refractivity contribution in [3.8, 4) is 0 Å². The van der Waals surface area contributed by atoms with Crippen molar-refractivity contribution < 1.29 is 9.90 Å². The van der Waals surface area contributed by atoms with E-state index >= 15 is 0 Å². The van der Waals surface area contributed by atoms with Gasteiger partial charge in [0, 0.05) is 13.6 Å². The van der Waals surface area contributed by atoms with E-state index in [4.69, 9.17) is 28.3 Å². The molecule has 0 aliphatic rings. The van der Waals surface area contributed by atoms with E-state index in [1.165, 1.54) is 11.9 Å². The van der Waals surface area contributed by atoms with Crippen LogP contribution in [0.2, 0.25) is 0 Å². The predicted molar refractivity (Wildman–Crippen MR) is 40.2 cm³/mol. The minimum Gasteiger partial charge on any atom is -0.395 e. The van der Waals surface area contributed by atoms with Crippen LogP contribution in [0, 0.1) is 0 Å². The Morgan fingerprint density at radius 1 is 1.70 bits per heavy atom. The van der Waals surface area contributed by atoms with Crippen molar-refractivity contribution >= 4 is 29.1 Å². The smallest absolute Gasteiger partial charge is 0.255 e. The van der Waals surface area contributed by atoms with Crippen LogP contribution in [-0.4, -0.2) is 40.9 Å². The zero-order valence-corrected chi connectivity index (χ0v) is 7.06. The lowest BCUT2D eigenvalue weighted by atomic mass is 10.5. The fourth-order valence-electron chi connectivity index (χ4n) is 0.427. The summed E-state index contributed by atoms with van der Waals surface area (Å²) in [6.07, 6.45) is 0. The Morgan fingerprint density at radius 3 is 2.50 bits per heavy atom. The summed E-state index contributed by atoms with van der Waals surface area (Å²) in [5.74, 6) is -0.391. The number of likely N-dealkylation sites (N-methyl/N-ethyl adjacent to an activating group) is 1. The van der Waals surface area contributed by atoms with Gasteiger partial charge in [0.25, 0.3) is 5.91 Å². The van der Waals surface area contributed by atoms with Crippen LogP contribution in [0.15, 0.2) is 0 Å². The summed E-state index contributed by atoms with van der Waals surface area (Å²) < 4.78 is 0. The van der Waals surface area contributed by atoms with E-state index in [-0.39, 0.29) is 13.2 Å². The monoisotopic (exact) mass is 185 g/mol. The normalized spacial score (nSPS) is 10.1. The van der Waals surface area contributed by atoms with Crippen molar-refractivity contribution in [2.24, 2.45) is 0 Å². The summed E-state index contributed by atoms with van der Waals surface area (Å²) in [4.78, 5) is 11.0. The molecule has 1 amide bonds. The molecule has 10 heavy (non-hydrogen) atoms. The third-order valence-electron chi connectivity index (χ3n) is 0.998. The number of halogens is 2. The Hall–Kier alpha value is 0.01000. The molecule has 0 aromatic rings. The van der Waals surface area contributed by atoms with E-state index in [0.717, 1.165) is 0 Å². The summed E-state index contributed by atoms with van der Waals surface area (Å²) in [6.45, 7) is 0.178. The average Bonchev–Trinajstić information content (AvgIpc) is 1.87. The van der Waals surface area contributed by atoms with E-state index in [9.17, 15) is 4.79 Å². The first kappa shape index (κ1) is 10.0. The van der Waals surface area contributed by atoms with Gasteiger partial charge in [-0.15, -0.1) is 0 Å². The molecule has 0 unspecified atom stereocenters. The standard InChI is InChI=1S/C5H9Cl2NO2/c1-8(2-3-9)5(10)4(6)7/h4,9H,2-3H2,1H3.